The van der Waals surface area contributed by atoms with Crippen LogP contribution in [0.25, 0.3) is 0 Å². The van der Waals surface area contributed by atoms with Crippen molar-refractivity contribution in [1.29, 1.82) is 0 Å². The third-order valence-corrected chi connectivity index (χ3v) is 2.69. The van der Waals surface area contributed by atoms with Gasteiger partial charge in [-0.2, -0.15) is 0 Å². The summed E-state index contributed by atoms with van der Waals surface area (Å²) in [5.74, 6) is -1.08. The lowest BCUT2D eigenvalue weighted by atomic mass is 10.0. The van der Waals surface area contributed by atoms with Crippen molar-refractivity contribution >= 4 is 11.9 Å². The van der Waals surface area contributed by atoms with Crippen LogP contribution in [0.2, 0.25) is 0 Å². The molecule has 5 heteroatoms. The molecule has 5 nitrogen and oxygen atoms in total. The standard InChI is InChI=1S/C13H18N2O3/c1-8(2)11(14)12(16)15-7-9-3-5-10(6-4-9)13(17)18/h3-6,8,11H,7,14H2,1-2H3,(H,15,16)(H,17,18)/t11-/m1/s1. The molecular weight excluding hydrogens is 232 g/mol. The number of amides is 1. The molecular formula is C13H18N2O3. The summed E-state index contributed by atoms with van der Waals surface area (Å²) in [5, 5.41) is 11.5. The topological polar surface area (TPSA) is 92.4 Å². The lowest BCUT2D eigenvalue weighted by molar-refractivity contribution is -0.123. The number of benzene rings is 1. The first kappa shape index (κ1) is 14.2. The van der Waals surface area contributed by atoms with Gasteiger partial charge in [0.2, 0.25) is 5.91 Å². The molecule has 0 radical (unpaired) electrons. The van der Waals surface area contributed by atoms with Gasteiger partial charge < -0.3 is 16.2 Å². The van der Waals surface area contributed by atoms with E-state index in [0.29, 0.717) is 6.54 Å². The third kappa shape index (κ3) is 3.85. The molecule has 0 saturated heterocycles. The van der Waals surface area contributed by atoms with Gasteiger partial charge in [0.1, 0.15) is 0 Å². The molecule has 4 N–H and O–H groups in total. The zero-order chi connectivity index (χ0) is 13.7. The number of nitrogens with two attached hydrogens (primary N) is 1. The first-order valence-electron chi connectivity index (χ1n) is 5.77. The Hall–Kier alpha value is -1.88. The van der Waals surface area contributed by atoms with Crippen LogP contribution in [-0.4, -0.2) is 23.0 Å². The zero-order valence-corrected chi connectivity index (χ0v) is 10.5. The van der Waals surface area contributed by atoms with Crippen molar-refractivity contribution in [2.24, 2.45) is 11.7 Å². The maximum Gasteiger partial charge on any atom is 0.335 e. The summed E-state index contributed by atoms with van der Waals surface area (Å²) >= 11 is 0. The molecule has 1 amide bonds. The van der Waals surface area contributed by atoms with Crippen molar-refractivity contribution in [2.45, 2.75) is 26.4 Å². The highest BCUT2D eigenvalue weighted by Gasteiger charge is 2.16. The molecule has 0 saturated carbocycles. The van der Waals surface area contributed by atoms with Crippen molar-refractivity contribution in [1.82, 2.24) is 5.32 Å². The average molecular weight is 250 g/mol. The van der Waals surface area contributed by atoms with E-state index in [1.807, 2.05) is 13.8 Å². The monoisotopic (exact) mass is 250 g/mol. The number of hydrogen-bond donors (Lipinski definition) is 3. The van der Waals surface area contributed by atoms with Crippen LogP contribution >= 0.6 is 0 Å². The Morgan fingerprint density at radius 2 is 1.83 bits per heavy atom. The van der Waals surface area contributed by atoms with Gasteiger partial charge in [0.15, 0.2) is 0 Å². The van der Waals surface area contributed by atoms with E-state index in [1.54, 1.807) is 12.1 Å². The largest absolute Gasteiger partial charge is 0.478 e. The maximum atomic E-state index is 11.6. The van der Waals surface area contributed by atoms with Crippen LogP contribution in [0, 0.1) is 5.92 Å². The fourth-order valence-corrected chi connectivity index (χ4v) is 1.37. The van der Waals surface area contributed by atoms with Gasteiger partial charge in [-0.15, -0.1) is 0 Å². The predicted molar refractivity (Wildman–Crippen MR) is 68.1 cm³/mol. The van der Waals surface area contributed by atoms with Gasteiger partial charge in [-0.05, 0) is 23.6 Å². The second kappa shape index (κ2) is 6.16. The molecule has 1 atom stereocenters. The predicted octanol–water partition coefficient (Wildman–Crippen LogP) is 0.984. The molecule has 0 aliphatic heterocycles. The van der Waals surface area contributed by atoms with Gasteiger partial charge in [0.05, 0.1) is 11.6 Å². The highest BCUT2D eigenvalue weighted by molar-refractivity contribution is 5.87. The minimum absolute atomic E-state index is 0.0828. The van der Waals surface area contributed by atoms with Gasteiger partial charge in [0.25, 0.3) is 0 Å². The first-order chi connectivity index (χ1) is 8.41. The molecule has 0 aromatic heterocycles. The fraction of sp³-hybridized carbons (Fsp3) is 0.385. The summed E-state index contributed by atoms with van der Waals surface area (Å²) in [5.41, 5.74) is 6.76. The highest BCUT2D eigenvalue weighted by atomic mass is 16.4. The number of carbonyl (C=O) groups excluding carboxylic acids is 1. The van der Waals surface area contributed by atoms with Crippen molar-refractivity contribution < 1.29 is 14.7 Å². The van der Waals surface area contributed by atoms with Gasteiger partial charge in [-0.3, -0.25) is 4.79 Å². The summed E-state index contributed by atoms with van der Waals surface area (Å²) in [4.78, 5) is 22.3. The van der Waals surface area contributed by atoms with E-state index < -0.39 is 12.0 Å². The molecule has 0 heterocycles. The van der Waals surface area contributed by atoms with Crippen molar-refractivity contribution in [2.75, 3.05) is 0 Å². The number of carboxylic acid groups (broad SMARTS) is 1. The van der Waals surface area contributed by atoms with Crippen molar-refractivity contribution in [3.8, 4) is 0 Å². The Labute approximate surface area is 106 Å². The number of carbonyl (C=O) groups is 2. The van der Waals surface area contributed by atoms with Crippen LogP contribution in [0.5, 0.6) is 0 Å². The minimum Gasteiger partial charge on any atom is -0.478 e. The molecule has 1 aromatic rings. The van der Waals surface area contributed by atoms with E-state index in [9.17, 15) is 9.59 Å². The smallest absolute Gasteiger partial charge is 0.335 e. The van der Waals surface area contributed by atoms with Crippen LogP contribution in [0.3, 0.4) is 0 Å². The lowest BCUT2D eigenvalue weighted by Crippen LogP contribution is -2.43. The summed E-state index contributed by atoms with van der Waals surface area (Å²) in [7, 11) is 0. The Kier molecular flexibility index (Phi) is 4.85. The Bertz CT molecular complexity index is 426. The van der Waals surface area contributed by atoms with Gasteiger partial charge in [0, 0.05) is 6.54 Å². The molecule has 0 spiro atoms. The summed E-state index contributed by atoms with van der Waals surface area (Å²) in [6.07, 6.45) is 0. The number of aromatic carboxylic acids is 1. The van der Waals surface area contributed by atoms with E-state index in [4.69, 9.17) is 10.8 Å². The quantitative estimate of drug-likeness (QED) is 0.726. The summed E-state index contributed by atoms with van der Waals surface area (Å²) in [6.45, 7) is 4.11. The average Bonchev–Trinajstić information content (AvgIpc) is 2.35. The van der Waals surface area contributed by atoms with Gasteiger partial charge >= 0.3 is 5.97 Å². The molecule has 0 bridgehead atoms. The summed E-state index contributed by atoms with van der Waals surface area (Å²) < 4.78 is 0. The van der Waals surface area contributed by atoms with Crippen LogP contribution in [-0.2, 0) is 11.3 Å². The molecule has 1 rings (SSSR count). The number of nitrogens with one attached hydrogen (secondary N) is 1. The van der Waals surface area contributed by atoms with Crippen LogP contribution in [0.15, 0.2) is 24.3 Å². The maximum absolute atomic E-state index is 11.6. The van der Waals surface area contributed by atoms with E-state index in [2.05, 4.69) is 5.32 Å². The van der Waals surface area contributed by atoms with E-state index >= 15 is 0 Å². The van der Waals surface area contributed by atoms with E-state index in [1.165, 1.54) is 12.1 Å². The van der Waals surface area contributed by atoms with Gasteiger partial charge in [-0.1, -0.05) is 26.0 Å². The minimum atomic E-state index is -0.965. The Balaban J connectivity index is 2.54. The molecule has 98 valence electrons. The fourth-order valence-electron chi connectivity index (χ4n) is 1.37. The van der Waals surface area contributed by atoms with E-state index in [0.717, 1.165) is 5.56 Å². The second-order valence-corrected chi connectivity index (χ2v) is 4.49. The van der Waals surface area contributed by atoms with Gasteiger partial charge in [-0.25, -0.2) is 4.79 Å². The molecule has 0 fully saturated rings. The molecule has 18 heavy (non-hydrogen) atoms. The molecule has 0 aliphatic rings. The first-order valence-corrected chi connectivity index (χ1v) is 5.77. The number of hydrogen-bond acceptors (Lipinski definition) is 3. The Morgan fingerprint density at radius 1 is 1.28 bits per heavy atom. The summed E-state index contributed by atoms with van der Waals surface area (Å²) in [6, 6.07) is 5.83. The SMILES string of the molecule is CC(C)[C@@H](N)C(=O)NCc1ccc(C(=O)O)cc1. The lowest BCUT2D eigenvalue weighted by Gasteiger charge is -2.15. The van der Waals surface area contributed by atoms with Crippen LogP contribution in [0.4, 0.5) is 0 Å². The van der Waals surface area contributed by atoms with Crippen molar-refractivity contribution in [3.63, 3.8) is 0 Å². The zero-order valence-electron chi connectivity index (χ0n) is 10.5. The Morgan fingerprint density at radius 3 is 2.28 bits per heavy atom. The van der Waals surface area contributed by atoms with Crippen LogP contribution < -0.4 is 11.1 Å². The molecule has 0 unspecified atom stereocenters. The van der Waals surface area contributed by atoms with Crippen molar-refractivity contribution in [3.05, 3.63) is 35.4 Å². The van der Waals surface area contributed by atoms with E-state index in [-0.39, 0.29) is 17.4 Å². The number of carboxylic acids is 1. The normalized spacial score (nSPS) is 12.2. The highest BCUT2D eigenvalue weighted by Crippen LogP contribution is 2.05. The molecule has 0 aliphatic carbocycles. The molecule has 1 aromatic carbocycles. The van der Waals surface area contributed by atoms with Crippen LogP contribution in [0.1, 0.15) is 29.8 Å². The number of rotatable bonds is 5. The third-order valence-electron chi connectivity index (χ3n) is 2.69. The second-order valence-electron chi connectivity index (χ2n) is 4.49.